The highest BCUT2D eigenvalue weighted by Crippen LogP contribution is 2.13. The van der Waals surface area contributed by atoms with Crippen molar-refractivity contribution in [3.63, 3.8) is 0 Å². The Hall–Kier alpha value is -2.24. The highest BCUT2D eigenvalue weighted by molar-refractivity contribution is 5.88. The van der Waals surface area contributed by atoms with Gasteiger partial charge in [0.05, 0.1) is 19.3 Å². The van der Waals surface area contributed by atoms with Gasteiger partial charge in [0.25, 0.3) is 0 Å². The van der Waals surface area contributed by atoms with Crippen molar-refractivity contribution in [1.29, 1.82) is 0 Å². The standard InChI is InChI=1S/C14H16FN3O2/c1-3-5-12-13(14(19)20-2)16-17-18(12)9-10-6-4-7-11(15)8-10/h4,6-8H,3,5,9H2,1-2H3. The summed E-state index contributed by atoms with van der Waals surface area (Å²) in [5.41, 5.74) is 1.71. The van der Waals surface area contributed by atoms with Crippen LogP contribution in [-0.2, 0) is 17.7 Å². The van der Waals surface area contributed by atoms with Crippen LogP contribution in [0.3, 0.4) is 0 Å². The van der Waals surface area contributed by atoms with Crippen LogP contribution in [0.5, 0.6) is 0 Å². The molecule has 0 radical (unpaired) electrons. The maximum absolute atomic E-state index is 13.2. The highest BCUT2D eigenvalue weighted by atomic mass is 19.1. The predicted molar refractivity (Wildman–Crippen MR) is 70.9 cm³/mol. The zero-order chi connectivity index (χ0) is 14.5. The van der Waals surface area contributed by atoms with E-state index < -0.39 is 5.97 Å². The zero-order valence-corrected chi connectivity index (χ0v) is 11.5. The Morgan fingerprint density at radius 1 is 1.45 bits per heavy atom. The smallest absolute Gasteiger partial charge is 0.360 e. The Morgan fingerprint density at radius 2 is 2.25 bits per heavy atom. The van der Waals surface area contributed by atoms with Crippen molar-refractivity contribution >= 4 is 5.97 Å². The molecule has 2 rings (SSSR count). The summed E-state index contributed by atoms with van der Waals surface area (Å²) in [5, 5.41) is 7.84. The van der Waals surface area contributed by atoms with E-state index in [0.717, 1.165) is 12.0 Å². The van der Waals surface area contributed by atoms with Gasteiger partial charge in [-0.2, -0.15) is 0 Å². The lowest BCUT2D eigenvalue weighted by Gasteiger charge is -2.07. The Balaban J connectivity index is 2.31. The molecular weight excluding hydrogens is 261 g/mol. The molecule has 0 aliphatic heterocycles. The number of methoxy groups -OCH3 is 1. The van der Waals surface area contributed by atoms with Gasteiger partial charge in [0, 0.05) is 0 Å². The van der Waals surface area contributed by atoms with Gasteiger partial charge >= 0.3 is 5.97 Å². The van der Waals surface area contributed by atoms with Crippen LogP contribution in [0.15, 0.2) is 24.3 Å². The first-order chi connectivity index (χ1) is 9.65. The molecular formula is C14H16FN3O2. The van der Waals surface area contributed by atoms with Crippen LogP contribution in [0.1, 0.15) is 35.1 Å². The van der Waals surface area contributed by atoms with E-state index >= 15 is 0 Å². The molecule has 0 aliphatic rings. The fourth-order valence-corrected chi connectivity index (χ4v) is 2.01. The number of benzene rings is 1. The van der Waals surface area contributed by atoms with Crippen molar-refractivity contribution in [2.24, 2.45) is 0 Å². The fourth-order valence-electron chi connectivity index (χ4n) is 2.01. The molecule has 0 unspecified atom stereocenters. The minimum atomic E-state index is -0.501. The third-order valence-corrected chi connectivity index (χ3v) is 2.92. The van der Waals surface area contributed by atoms with E-state index in [4.69, 9.17) is 4.74 Å². The van der Waals surface area contributed by atoms with Crippen LogP contribution in [0.25, 0.3) is 0 Å². The number of nitrogens with zero attached hydrogens (tertiary/aromatic N) is 3. The summed E-state index contributed by atoms with van der Waals surface area (Å²) < 4.78 is 19.5. The number of carbonyl (C=O) groups excluding carboxylic acids is 1. The molecule has 0 amide bonds. The average molecular weight is 277 g/mol. The van der Waals surface area contributed by atoms with Crippen molar-refractivity contribution < 1.29 is 13.9 Å². The van der Waals surface area contributed by atoms with Crippen molar-refractivity contribution in [3.05, 3.63) is 47.0 Å². The van der Waals surface area contributed by atoms with Gasteiger partial charge < -0.3 is 4.74 Å². The molecule has 5 nitrogen and oxygen atoms in total. The summed E-state index contributed by atoms with van der Waals surface area (Å²) in [5.74, 6) is -0.799. The van der Waals surface area contributed by atoms with Crippen molar-refractivity contribution in [2.75, 3.05) is 7.11 Å². The van der Waals surface area contributed by atoms with Crippen LogP contribution >= 0.6 is 0 Å². The van der Waals surface area contributed by atoms with E-state index in [1.54, 1.807) is 16.8 Å². The lowest BCUT2D eigenvalue weighted by molar-refractivity contribution is 0.0592. The van der Waals surface area contributed by atoms with Gasteiger partial charge in [-0.25, -0.2) is 13.9 Å². The molecule has 6 heteroatoms. The van der Waals surface area contributed by atoms with Crippen LogP contribution < -0.4 is 0 Å². The molecule has 1 heterocycles. The van der Waals surface area contributed by atoms with Crippen LogP contribution in [0.4, 0.5) is 4.39 Å². The molecule has 0 saturated heterocycles. The maximum atomic E-state index is 13.2. The minimum Gasteiger partial charge on any atom is -0.464 e. The number of esters is 1. The number of hydrogen-bond donors (Lipinski definition) is 0. The van der Waals surface area contributed by atoms with E-state index in [0.29, 0.717) is 18.7 Å². The van der Waals surface area contributed by atoms with E-state index in [-0.39, 0.29) is 11.5 Å². The van der Waals surface area contributed by atoms with Crippen molar-refractivity contribution in [2.45, 2.75) is 26.3 Å². The van der Waals surface area contributed by atoms with Gasteiger partial charge in [-0.3, -0.25) is 0 Å². The molecule has 106 valence electrons. The Morgan fingerprint density at radius 3 is 2.90 bits per heavy atom. The quantitative estimate of drug-likeness (QED) is 0.786. The molecule has 0 aliphatic carbocycles. The molecule has 0 N–H and O–H groups in total. The summed E-state index contributed by atoms with van der Waals surface area (Å²) >= 11 is 0. The van der Waals surface area contributed by atoms with Gasteiger partial charge in [-0.1, -0.05) is 30.7 Å². The Labute approximate surface area is 116 Å². The van der Waals surface area contributed by atoms with Gasteiger partial charge in [0.15, 0.2) is 5.69 Å². The monoisotopic (exact) mass is 277 g/mol. The first-order valence-electron chi connectivity index (χ1n) is 6.40. The summed E-state index contributed by atoms with van der Waals surface area (Å²) in [7, 11) is 1.31. The molecule has 2 aromatic rings. The highest BCUT2D eigenvalue weighted by Gasteiger charge is 2.19. The molecule has 1 aromatic heterocycles. The summed E-state index contributed by atoms with van der Waals surface area (Å²) in [6.45, 7) is 2.37. The summed E-state index contributed by atoms with van der Waals surface area (Å²) in [6, 6.07) is 6.27. The number of hydrogen-bond acceptors (Lipinski definition) is 4. The van der Waals surface area contributed by atoms with E-state index in [1.165, 1.54) is 19.2 Å². The third-order valence-electron chi connectivity index (χ3n) is 2.92. The van der Waals surface area contributed by atoms with Crippen molar-refractivity contribution in [3.8, 4) is 0 Å². The number of halogens is 1. The Kier molecular flexibility index (Phi) is 4.45. The predicted octanol–water partition coefficient (Wildman–Crippen LogP) is 2.20. The van der Waals surface area contributed by atoms with Gasteiger partial charge in [-0.15, -0.1) is 5.10 Å². The van der Waals surface area contributed by atoms with Crippen LogP contribution in [-0.4, -0.2) is 28.1 Å². The lowest BCUT2D eigenvalue weighted by atomic mass is 10.2. The SMILES string of the molecule is CCCc1c(C(=O)OC)nnn1Cc1cccc(F)c1. The first-order valence-corrected chi connectivity index (χ1v) is 6.40. The topological polar surface area (TPSA) is 57.0 Å². The zero-order valence-electron chi connectivity index (χ0n) is 11.5. The maximum Gasteiger partial charge on any atom is 0.360 e. The molecule has 0 bridgehead atoms. The van der Waals surface area contributed by atoms with Gasteiger partial charge in [-0.05, 0) is 24.1 Å². The normalized spacial score (nSPS) is 10.6. The fraction of sp³-hybridized carbons (Fsp3) is 0.357. The number of aromatic nitrogens is 3. The molecule has 0 atom stereocenters. The molecule has 0 fully saturated rings. The van der Waals surface area contributed by atoms with E-state index in [9.17, 15) is 9.18 Å². The average Bonchev–Trinajstić information content (AvgIpc) is 2.82. The first kappa shape index (κ1) is 14.2. The second kappa shape index (κ2) is 6.27. The lowest BCUT2D eigenvalue weighted by Crippen LogP contribution is -2.10. The second-order valence-electron chi connectivity index (χ2n) is 4.41. The van der Waals surface area contributed by atoms with Crippen LogP contribution in [0, 0.1) is 5.82 Å². The third kappa shape index (κ3) is 3.01. The molecule has 20 heavy (non-hydrogen) atoms. The van der Waals surface area contributed by atoms with Gasteiger partial charge in [0.2, 0.25) is 0 Å². The molecule has 0 spiro atoms. The van der Waals surface area contributed by atoms with Crippen LogP contribution in [0.2, 0.25) is 0 Å². The number of ether oxygens (including phenoxy) is 1. The van der Waals surface area contributed by atoms with Gasteiger partial charge in [0.1, 0.15) is 5.82 Å². The van der Waals surface area contributed by atoms with Crippen molar-refractivity contribution in [1.82, 2.24) is 15.0 Å². The summed E-state index contributed by atoms with van der Waals surface area (Å²) in [4.78, 5) is 11.6. The van der Waals surface area contributed by atoms with E-state index in [2.05, 4.69) is 10.3 Å². The largest absolute Gasteiger partial charge is 0.464 e. The summed E-state index contributed by atoms with van der Waals surface area (Å²) in [6.07, 6.45) is 1.51. The molecule has 1 aromatic carbocycles. The molecule has 0 saturated carbocycles. The van der Waals surface area contributed by atoms with E-state index in [1.807, 2.05) is 6.92 Å². The second-order valence-corrected chi connectivity index (χ2v) is 4.41. The number of rotatable bonds is 5. The Bertz CT molecular complexity index is 610. The number of carbonyl (C=O) groups is 1. The minimum absolute atomic E-state index is 0.228.